The van der Waals surface area contributed by atoms with Gasteiger partial charge < -0.3 is 10.4 Å². The van der Waals surface area contributed by atoms with Crippen molar-refractivity contribution < 1.29 is 24.4 Å². The molecular formula is C12H11N3O6. The fraction of sp³-hybridized carbons (Fsp3) is 0.250. The van der Waals surface area contributed by atoms with Gasteiger partial charge in [0.1, 0.15) is 6.04 Å². The third-order valence-corrected chi connectivity index (χ3v) is 3.01. The highest BCUT2D eigenvalue weighted by molar-refractivity contribution is 6.02. The van der Waals surface area contributed by atoms with Crippen LogP contribution in [0.2, 0.25) is 0 Å². The molecule has 2 rings (SSSR count). The van der Waals surface area contributed by atoms with Gasteiger partial charge in [-0.05, 0) is 12.5 Å². The molecule has 0 saturated carbocycles. The summed E-state index contributed by atoms with van der Waals surface area (Å²) in [6.07, 6.45) is 0.361. The van der Waals surface area contributed by atoms with E-state index in [1.54, 1.807) is 0 Å². The van der Waals surface area contributed by atoms with Crippen molar-refractivity contribution in [1.29, 1.82) is 0 Å². The Morgan fingerprint density at radius 2 is 2.14 bits per heavy atom. The minimum Gasteiger partial charge on any atom is -0.478 e. The Bertz CT molecular complexity index is 642. The van der Waals surface area contributed by atoms with E-state index in [4.69, 9.17) is 5.11 Å². The number of piperidine rings is 1. The van der Waals surface area contributed by atoms with Crippen molar-refractivity contribution in [2.75, 3.05) is 5.32 Å². The maximum atomic E-state index is 11.6. The highest BCUT2D eigenvalue weighted by atomic mass is 16.6. The molecule has 1 atom stereocenters. The molecule has 0 aliphatic carbocycles. The number of nitro groups is 1. The average Bonchev–Trinajstić information content (AvgIpc) is 2.41. The Labute approximate surface area is 118 Å². The molecule has 1 aliphatic rings. The number of benzene rings is 1. The van der Waals surface area contributed by atoms with Crippen LogP contribution in [-0.4, -0.2) is 33.9 Å². The van der Waals surface area contributed by atoms with Gasteiger partial charge in [0, 0.05) is 24.2 Å². The van der Waals surface area contributed by atoms with Crippen molar-refractivity contribution >= 4 is 29.2 Å². The van der Waals surface area contributed by atoms with Crippen LogP contribution in [0.5, 0.6) is 0 Å². The Morgan fingerprint density at radius 3 is 2.71 bits per heavy atom. The van der Waals surface area contributed by atoms with Gasteiger partial charge in [-0.3, -0.25) is 25.0 Å². The third-order valence-electron chi connectivity index (χ3n) is 3.01. The van der Waals surface area contributed by atoms with E-state index in [9.17, 15) is 24.5 Å². The van der Waals surface area contributed by atoms with Crippen LogP contribution in [-0.2, 0) is 9.59 Å². The van der Waals surface area contributed by atoms with Crippen LogP contribution in [0.3, 0.4) is 0 Å². The topological polar surface area (TPSA) is 139 Å². The van der Waals surface area contributed by atoms with Crippen LogP contribution in [0.1, 0.15) is 23.2 Å². The monoisotopic (exact) mass is 293 g/mol. The summed E-state index contributed by atoms with van der Waals surface area (Å²) in [5.74, 6) is -2.30. The Morgan fingerprint density at radius 1 is 1.43 bits per heavy atom. The predicted octanol–water partition coefficient (Wildman–Crippen LogP) is 0.510. The first-order chi connectivity index (χ1) is 9.88. The zero-order valence-corrected chi connectivity index (χ0v) is 10.7. The Kier molecular flexibility index (Phi) is 3.83. The Balaban J connectivity index is 2.27. The second-order valence-electron chi connectivity index (χ2n) is 4.44. The largest absolute Gasteiger partial charge is 0.478 e. The number of nitro benzene ring substituents is 1. The number of hydrogen-bond acceptors (Lipinski definition) is 6. The van der Waals surface area contributed by atoms with Crippen LogP contribution in [0, 0.1) is 10.1 Å². The van der Waals surface area contributed by atoms with E-state index in [1.165, 1.54) is 6.07 Å². The van der Waals surface area contributed by atoms with Gasteiger partial charge >= 0.3 is 5.97 Å². The Hall–Kier alpha value is -2.97. The van der Waals surface area contributed by atoms with Gasteiger partial charge in [0.2, 0.25) is 11.8 Å². The first-order valence-corrected chi connectivity index (χ1v) is 6.00. The summed E-state index contributed by atoms with van der Waals surface area (Å²) in [7, 11) is 0. The minimum atomic E-state index is -1.35. The lowest BCUT2D eigenvalue weighted by Crippen LogP contribution is -2.47. The summed E-state index contributed by atoms with van der Waals surface area (Å²) in [6.45, 7) is 0. The number of aromatic carboxylic acids is 1. The molecule has 1 aliphatic heterocycles. The number of rotatable bonds is 4. The summed E-state index contributed by atoms with van der Waals surface area (Å²) >= 11 is 0. The second-order valence-corrected chi connectivity index (χ2v) is 4.44. The van der Waals surface area contributed by atoms with Crippen molar-refractivity contribution in [2.45, 2.75) is 18.9 Å². The number of carbonyl (C=O) groups excluding carboxylic acids is 2. The van der Waals surface area contributed by atoms with Gasteiger partial charge in [0.15, 0.2) is 0 Å². The van der Waals surface area contributed by atoms with E-state index in [2.05, 4.69) is 10.6 Å². The standard InChI is InChI=1S/C12H11N3O6/c16-10-4-3-9(11(17)14-10)13-8-2-1-6(15(20)21)5-7(8)12(18)19/h1-2,5,9,13H,3-4H2,(H,18,19)(H,14,16,17). The van der Waals surface area contributed by atoms with E-state index in [0.717, 1.165) is 12.1 Å². The molecular weight excluding hydrogens is 282 g/mol. The van der Waals surface area contributed by atoms with Crippen molar-refractivity contribution in [2.24, 2.45) is 0 Å². The van der Waals surface area contributed by atoms with E-state index in [0.29, 0.717) is 0 Å². The third kappa shape index (κ3) is 3.14. The summed E-state index contributed by atoms with van der Waals surface area (Å²) in [5.41, 5.74) is -0.585. The molecule has 0 bridgehead atoms. The lowest BCUT2D eigenvalue weighted by molar-refractivity contribution is -0.384. The summed E-state index contributed by atoms with van der Waals surface area (Å²) in [6, 6.07) is 2.52. The fourth-order valence-corrected chi connectivity index (χ4v) is 1.97. The molecule has 0 spiro atoms. The minimum absolute atomic E-state index is 0.0857. The lowest BCUT2D eigenvalue weighted by Gasteiger charge is -2.23. The van der Waals surface area contributed by atoms with Crippen LogP contribution < -0.4 is 10.6 Å². The molecule has 110 valence electrons. The SMILES string of the molecule is O=C1CCC(Nc2ccc([N+](=O)[O-])cc2C(=O)O)C(=O)N1. The number of carboxylic acid groups (broad SMARTS) is 1. The van der Waals surface area contributed by atoms with Crippen LogP contribution in [0.25, 0.3) is 0 Å². The number of anilines is 1. The molecule has 1 heterocycles. The maximum Gasteiger partial charge on any atom is 0.338 e. The quantitative estimate of drug-likeness (QED) is 0.417. The van der Waals surface area contributed by atoms with Crippen LogP contribution in [0.15, 0.2) is 18.2 Å². The first kappa shape index (κ1) is 14.4. The molecule has 1 saturated heterocycles. The summed E-state index contributed by atoms with van der Waals surface area (Å²) in [4.78, 5) is 43.8. The molecule has 21 heavy (non-hydrogen) atoms. The molecule has 0 aromatic heterocycles. The smallest absolute Gasteiger partial charge is 0.338 e. The molecule has 9 heteroatoms. The van der Waals surface area contributed by atoms with E-state index in [-0.39, 0.29) is 35.7 Å². The summed E-state index contributed by atoms with van der Waals surface area (Å²) < 4.78 is 0. The number of carbonyl (C=O) groups is 3. The lowest BCUT2D eigenvalue weighted by atomic mass is 10.0. The molecule has 3 N–H and O–H groups in total. The molecule has 1 unspecified atom stereocenters. The average molecular weight is 293 g/mol. The van der Waals surface area contributed by atoms with Crippen LogP contribution in [0.4, 0.5) is 11.4 Å². The zero-order valence-electron chi connectivity index (χ0n) is 10.7. The highest BCUT2D eigenvalue weighted by Gasteiger charge is 2.28. The van der Waals surface area contributed by atoms with Gasteiger partial charge in [-0.15, -0.1) is 0 Å². The number of amides is 2. The second kappa shape index (κ2) is 5.57. The number of imide groups is 1. The van der Waals surface area contributed by atoms with Gasteiger partial charge in [-0.1, -0.05) is 0 Å². The molecule has 2 amide bonds. The molecule has 1 aromatic carbocycles. The first-order valence-electron chi connectivity index (χ1n) is 6.00. The highest BCUT2D eigenvalue weighted by Crippen LogP contribution is 2.24. The molecule has 1 fully saturated rings. The van der Waals surface area contributed by atoms with Gasteiger partial charge in [-0.25, -0.2) is 4.79 Å². The predicted molar refractivity (Wildman–Crippen MR) is 69.9 cm³/mol. The van der Waals surface area contributed by atoms with Gasteiger partial charge in [-0.2, -0.15) is 0 Å². The van der Waals surface area contributed by atoms with Crippen molar-refractivity contribution in [3.05, 3.63) is 33.9 Å². The number of hydrogen-bond donors (Lipinski definition) is 3. The fourth-order valence-electron chi connectivity index (χ4n) is 1.97. The van der Waals surface area contributed by atoms with Crippen molar-refractivity contribution in [3.8, 4) is 0 Å². The van der Waals surface area contributed by atoms with E-state index < -0.39 is 22.8 Å². The molecule has 0 radical (unpaired) electrons. The maximum absolute atomic E-state index is 11.6. The zero-order chi connectivity index (χ0) is 15.6. The van der Waals surface area contributed by atoms with E-state index >= 15 is 0 Å². The van der Waals surface area contributed by atoms with Crippen molar-refractivity contribution in [3.63, 3.8) is 0 Å². The number of carboxylic acids is 1. The molecule has 1 aromatic rings. The van der Waals surface area contributed by atoms with Gasteiger partial charge in [0.25, 0.3) is 5.69 Å². The number of nitrogens with one attached hydrogen (secondary N) is 2. The number of non-ortho nitro benzene ring substituents is 1. The summed E-state index contributed by atoms with van der Waals surface area (Å²) in [5, 5.41) is 24.6. The normalized spacial score (nSPS) is 18.0. The number of nitrogens with zero attached hydrogens (tertiary/aromatic N) is 1. The van der Waals surface area contributed by atoms with Gasteiger partial charge in [0.05, 0.1) is 10.5 Å². The van der Waals surface area contributed by atoms with Crippen LogP contribution >= 0.6 is 0 Å². The van der Waals surface area contributed by atoms with E-state index in [1.807, 2.05) is 0 Å². The van der Waals surface area contributed by atoms with Crippen molar-refractivity contribution in [1.82, 2.24) is 5.32 Å². The molecule has 9 nitrogen and oxygen atoms in total.